The number of halogens is 1. The maximum Gasteiger partial charge on any atom is 0.235 e. The molecule has 3 aromatic rings. The van der Waals surface area contributed by atoms with Crippen molar-refractivity contribution in [3.05, 3.63) is 81.3 Å². The number of nitrogens with zero attached hydrogens (tertiary/aromatic N) is 2. The van der Waals surface area contributed by atoms with Gasteiger partial charge < -0.3 is 10.1 Å². The Balaban J connectivity index is 1.67. The van der Waals surface area contributed by atoms with Crippen LogP contribution in [0.1, 0.15) is 22.2 Å². The minimum absolute atomic E-state index is 0.0763. The molecular formula is C21H22ClN3O2S. The van der Waals surface area contributed by atoms with Crippen molar-refractivity contribution in [2.45, 2.75) is 12.6 Å². The van der Waals surface area contributed by atoms with Gasteiger partial charge in [-0.3, -0.25) is 9.69 Å². The van der Waals surface area contributed by atoms with E-state index in [9.17, 15) is 4.79 Å². The second kappa shape index (κ2) is 9.68. The van der Waals surface area contributed by atoms with E-state index in [-0.39, 0.29) is 18.5 Å². The molecule has 0 saturated heterocycles. The van der Waals surface area contributed by atoms with Gasteiger partial charge in [0.05, 0.1) is 13.7 Å². The van der Waals surface area contributed by atoms with Crippen molar-refractivity contribution < 1.29 is 9.53 Å². The zero-order chi connectivity index (χ0) is 19.9. The molecule has 1 atom stereocenters. The molecule has 0 spiro atoms. The van der Waals surface area contributed by atoms with Gasteiger partial charge in [0.25, 0.3) is 0 Å². The molecule has 1 heterocycles. The summed E-state index contributed by atoms with van der Waals surface area (Å²) in [5, 5.41) is 6.51. The van der Waals surface area contributed by atoms with E-state index in [4.69, 9.17) is 16.3 Å². The molecule has 146 valence electrons. The van der Waals surface area contributed by atoms with E-state index in [1.54, 1.807) is 19.4 Å². The number of rotatable bonds is 8. The lowest BCUT2D eigenvalue weighted by molar-refractivity contribution is -0.122. The van der Waals surface area contributed by atoms with E-state index in [1.807, 2.05) is 59.8 Å². The average Bonchev–Trinajstić information content (AvgIpc) is 3.21. The Morgan fingerprint density at radius 1 is 1.29 bits per heavy atom. The largest absolute Gasteiger partial charge is 0.496 e. The number of carbonyl (C=O) groups is 1. The van der Waals surface area contributed by atoms with Gasteiger partial charge in [0.1, 0.15) is 16.8 Å². The summed E-state index contributed by atoms with van der Waals surface area (Å²) in [7, 11) is 3.51. The van der Waals surface area contributed by atoms with Crippen LogP contribution < -0.4 is 10.1 Å². The van der Waals surface area contributed by atoms with Crippen molar-refractivity contribution >= 4 is 28.8 Å². The number of hydrogen-bond acceptors (Lipinski definition) is 5. The van der Waals surface area contributed by atoms with Gasteiger partial charge in [-0.05, 0) is 30.8 Å². The lowest BCUT2D eigenvalue weighted by Gasteiger charge is -2.21. The summed E-state index contributed by atoms with van der Waals surface area (Å²) in [4.78, 5) is 19.0. The number of benzene rings is 2. The monoisotopic (exact) mass is 415 g/mol. The summed E-state index contributed by atoms with van der Waals surface area (Å²) >= 11 is 7.62. The molecule has 0 radical (unpaired) electrons. The number of nitrogens with one attached hydrogen (secondary N) is 1. The van der Waals surface area contributed by atoms with Crippen LogP contribution in [0.25, 0.3) is 0 Å². The fraction of sp³-hybridized carbons (Fsp3) is 0.238. The van der Waals surface area contributed by atoms with Gasteiger partial charge in [0.15, 0.2) is 0 Å². The highest BCUT2D eigenvalue weighted by Gasteiger charge is 2.20. The fourth-order valence-corrected chi connectivity index (χ4v) is 3.89. The van der Waals surface area contributed by atoms with Crippen LogP contribution in [0, 0.1) is 0 Å². The van der Waals surface area contributed by atoms with Crippen molar-refractivity contribution in [3.63, 3.8) is 0 Å². The number of aromatic nitrogens is 1. The third-order valence-electron chi connectivity index (χ3n) is 4.23. The van der Waals surface area contributed by atoms with E-state index in [2.05, 4.69) is 10.3 Å². The first-order valence-electron chi connectivity index (χ1n) is 8.81. The van der Waals surface area contributed by atoms with Crippen LogP contribution in [0.2, 0.25) is 5.02 Å². The predicted octanol–water partition coefficient (Wildman–Crippen LogP) is 4.14. The summed E-state index contributed by atoms with van der Waals surface area (Å²) in [5.74, 6) is 0.675. The second-order valence-electron chi connectivity index (χ2n) is 6.41. The lowest BCUT2D eigenvalue weighted by Crippen LogP contribution is -2.37. The van der Waals surface area contributed by atoms with Gasteiger partial charge in [0.2, 0.25) is 5.91 Å². The molecule has 1 N–H and O–H groups in total. The number of methoxy groups -OCH3 is 1. The third-order valence-corrected chi connectivity index (χ3v) is 5.31. The topological polar surface area (TPSA) is 54.5 Å². The van der Waals surface area contributed by atoms with E-state index in [1.165, 1.54) is 11.3 Å². The van der Waals surface area contributed by atoms with Crippen LogP contribution in [0.4, 0.5) is 0 Å². The molecule has 7 heteroatoms. The van der Waals surface area contributed by atoms with Crippen molar-refractivity contribution in [1.82, 2.24) is 15.2 Å². The Bertz CT molecular complexity index is 903. The second-order valence-corrected chi connectivity index (χ2v) is 7.77. The number of carbonyl (C=O) groups excluding carboxylic acids is 1. The van der Waals surface area contributed by atoms with Crippen LogP contribution in [0.5, 0.6) is 5.75 Å². The molecule has 0 fully saturated rings. The first kappa shape index (κ1) is 20.3. The van der Waals surface area contributed by atoms with Crippen molar-refractivity contribution in [2.24, 2.45) is 0 Å². The summed E-state index contributed by atoms with van der Waals surface area (Å²) in [6.07, 6.45) is 1.75. The minimum Gasteiger partial charge on any atom is -0.496 e. The van der Waals surface area contributed by atoms with Crippen LogP contribution in [-0.4, -0.2) is 36.5 Å². The zero-order valence-corrected chi connectivity index (χ0v) is 17.3. The quantitative estimate of drug-likeness (QED) is 0.600. The first-order valence-corrected chi connectivity index (χ1v) is 10.1. The van der Waals surface area contributed by atoms with Crippen molar-refractivity contribution in [3.8, 4) is 5.75 Å². The first-order chi connectivity index (χ1) is 13.6. The molecule has 1 unspecified atom stereocenters. The number of likely N-dealkylation sites (N-methyl/N-ethyl adjacent to an activating group) is 1. The summed E-state index contributed by atoms with van der Waals surface area (Å²) in [6, 6.07) is 15.1. The molecule has 5 nitrogen and oxygen atoms in total. The van der Waals surface area contributed by atoms with E-state index >= 15 is 0 Å². The molecule has 3 rings (SSSR count). The molecule has 1 amide bonds. The highest BCUT2D eigenvalue weighted by Crippen LogP contribution is 2.25. The Labute approximate surface area is 173 Å². The normalized spacial score (nSPS) is 12.0. The van der Waals surface area contributed by atoms with E-state index in [0.29, 0.717) is 11.6 Å². The Morgan fingerprint density at radius 2 is 2.07 bits per heavy atom. The zero-order valence-electron chi connectivity index (χ0n) is 15.8. The number of thiazole rings is 1. The highest BCUT2D eigenvalue weighted by atomic mass is 35.5. The van der Waals surface area contributed by atoms with Gasteiger partial charge in [-0.15, -0.1) is 11.3 Å². The number of ether oxygens (including phenoxy) is 1. The number of hydrogen-bond donors (Lipinski definition) is 1. The SMILES string of the molecule is COc1ccc(Cl)cc1CN(C)CC(=O)NC(c1ccccc1)c1nccs1. The molecule has 0 bridgehead atoms. The van der Waals surface area contributed by atoms with Gasteiger partial charge in [0, 0.05) is 28.7 Å². The lowest BCUT2D eigenvalue weighted by atomic mass is 10.1. The number of amides is 1. The fourth-order valence-electron chi connectivity index (χ4n) is 2.98. The Morgan fingerprint density at radius 3 is 2.75 bits per heavy atom. The molecular weight excluding hydrogens is 394 g/mol. The predicted molar refractivity (Wildman–Crippen MR) is 113 cm³/mol. The standard InChI is InChI=1S/C21H22ClN3O2S/c1-25(13-16-12-17(22)8-9-18(16)27-2)14-19(26)24-20(21-23-10-11-28-21)15-6-4-3-5-7-15/h3-12,20H,13-14H2,1-2H3,(H,24,26). The van der Waals surface area contributed by atoms with Gasteiger partial charge in [-0.1, -0.05) is 41.9 Å². The maximum atomic E-state index is 12.7. The highest BCUT2D eigenvalue weighted by molar-refractivity contribution is 7.09. The smallest absolute Gasteiger partial charge is 0.235 e. The van der Waals surface area contributed by atoms with Crippen molar-refractivity contribution in [1.29, 1.82) is 0 Å². The maximum absolute atomic E-state index is 12.7. The van der Waals surface area contributed by atoms with Crippen LogP contribution in [-0.2, 0) is 11.3 Å². The van der Waals surface area contributed by atoms with Crippen LogP contribution in [0.15, 0.2) is 60.1 Å². The van der Waals surface area contributed by atoms with E-state index < -0.39 is 0 Å². The molecule has 0 aliphatic rings. The third kappa shape index (κ3) is 5.32. The van der Waals surface area contributed by atoms with Crippen LogP contribution >= 0.6 is 22.9 Å². The molecule has 0 aliphatic carbocycles. The average molecular weight is 416 g/mol. The van der Waals surface area contributed by atoms with Gasteiger partial charge >= 0.3 is 0 Å². The molecule has 1 aromatic heterocycles. The minimum atomic E-state index is -0.261. The van der Waals surface area contributed by atoms with Gasteiger partial charge in [-0.25, -0.2) is 4.98 Å². The van der Waals surface area contributed by atoms with E-state index in [0.717, 1.165) is 21.9 Å². The summed E-state index contributed by atoms with van der Waals surface area (Å²) < 4.78 is 5.38. The molecule has 2 aromatic carbocycles. The molecule has 0 saturated carbocycles. The van der Waals surface area contributed by atoms with Crippen LogP contribution in [0.3, 0.4) is 0 Å². The van der Waals surface area contributed by atoms with Gasteiger partial charge in [-0.2, -0.15) is 0 Å². The summed E-state index contributed by atoms with van der Waals surface area (Å²) in [6.45, 7) is 0.786. The van der Waals surface area contributed by atoms with Crippen molar-refractivity contribution in [2.75, 3.05) is 20.7 Å². The Kier molecular flexibility index (Phi) is 7.03. The molecule has 28 heavy (non-hydrogen) atoms. The summed E-state index contributed by atoms with van der Waals surface area (Å²) in [5.41, 5.74) is 1.94. The Hall–Kier alpha value is -2.41. The molecule has 0 aliphatic heterocycles.